The highest BCUT2D eigenvalue weighted by Crippen LogP contribution is 2.20. The van der Waals surface area contributed by atoms with Crippen molar-refractivity contribution in [3.05, 3.63) is 29.8 Å². The Bertz CT molecular complexity index is 574. The lowest BCUT2D eigenvalue weighted by atomic mass is 10.1. The van der Waals surface area contributed by atoms with Gasteiger partial charge in [-0.1, -0.05) is 18.2 Å². The van der Waals surface area contributed by atoms with Crippen LogP contribution in [-0.2, 0) is 16.0 Å². The van der Waals surface area contributed by atoms with Crippen LogP contribution in [0, 0.1) is 0 Å². The van der Waals surface area contributed by atoms with Gasteiger partial charge in [-0.05, 0) is 13.1 Å². The number of methoxy groups -OCH3 is 1. The van der Waals surface area contributed by atoms with Crippen LogP contribution in [-0.4, -0.2) is 80.4 Å². The van der Waals surface area contributed by atoms with E-state index in [0.717, 1.165) is 12.1 Å². The third-order valence-electron chi connectivity index (χ3n) is 4.16. The Morgan fingerprint density at radius 3 is 2.61 bits per heavy atom. The standard InChI is InChI=1S/C17H25N3O3/c1-18(2)17(22)14-12-19(3)9-10-20(14)16(21)11-13-7-5-6-8-15(13)23-4/h5-8,14H,9-12H2,1-4H3/t14-/m0/s1. The molecule has 0 spiro atoms. The molecule has 0 N–H and O–H groups in total. The molecule has 0 aromatic heterocycles. The molecule has 1 aromatic rings. The fourth-order valence-electron chi connectivity index (χ4n) is 2.84. The molecular formula is C17H25N3O3. The fraction of sp³-hybridized carbons (Fsp3) is 0.529. The number of rotatable bonds is 4. The molecule has 1 aromatic carbocycles. The number of likely N-dealkylation sites (N-methyl/N-ethyl adjacent to an activating group) is 2. The topological polar surface area (TPSA) is 53.1 Å². The van der Waals surface area contributed by atoms with Crippen LogP contribution in [0.5, 0.6) is 5.75 Å². The maximum atomic E-state index is 12.8. The van der Waals surface area contributed by atoms with Crippen LogP contribution in [0.25, 0.3) is 0 Å². The van der Waals surface area contributed by atoms with E-state index >= 15 is 0 Å². The number of carbonyl (C=O) groups excluding carboxylic acids is 2. The predicted octanol–water partition coefficient (Wildman–Crippen LogP) is 0.469. The molecule has 1 aliphatic rings. The summed E-state index contributed by atoms with van der Waals surface area (Å²) >= 11 is 0. The van der Waals surface area contributed by atoms with Gasteiger partial charge in [-0.3, -0.25) is 9.59 Å². The van der Waals surface area contributed by atoms with Crippen molar-refractivity contribution >= 4 is 11.8 Å². The maximum Gasteiger partial charge on any atom is 0.246 e. The number of para-hydroxylation sites is 1. The van der Waals surface area contributed by atoms with Crippen molar-refractivity contribution in [3.8, 4) is 5.75 Å². The number of amides is 2. The molecule has 23 heavy (non-hydrogen) atoms. The van der Waals surface area contributed by atoms with Gasteiger partial charge >= 0.3 is 0 Å². The number of carbonyl (C=O) groups is 2. The van der Waals surface area contributed by atoms with E-state index in [2.05, 4.69) is 4.90 Å². The lowest BCUT2D eigenvalue weighted by molar-refractivity contribution is -0.147. The van der Waals surface area contributed by atoms with Gasteiger partial charge in [-0.15, -0.1) is 0 Å². The summed E-state index contributed by atoms with van der Waals surface area (Å²) in [5.74, 6) is 0.623. The zero-order chi connectivity index (χ0) is 17.0. The highest BCUT2D eigenvalue weighted by atomic mass is 16.5. The van der Waals surface area contributed by atoms with Gasteiger partial charge < -0.3 is 19.4 Å². The molecule has 1 fully saturated rings. The fourth-order valence-corrected chi connectivity index (χ4v) is 2.84. The van der Waals surface area contributed by atoms with Crippen LogP contribution in [0.3, 0.4) is 0 Å². The van der Waals surface area contributed by atoms with Crippen molar-refractivity contribution < 1.29 is 14.3 Å². The molecular weight excluding hydrogens is 294 g/mol. The number of benzene rings is 1. The first-order chi connectivity index (χ1) is 10.9. The van der Waals surface area contributed by atoms with E-state index in [1.807, 2.05) is 31.3 Å². The molecule has 1 aliphatic heterocycles. The number of ether oxygens (including phenoxy) is 1. The predicted molar refractivity (Wildman–Crippen MR) is 88.4 cm³/mol. The largest absolute Gasteiger partial charge is 0.496 e. The molecule has 1 heterocycles. The summed E-state index contributed by atoms with van der Waals surface area (Å²) in [6, 6.07) is 7.06. The number of piperazine rings is 1. The minimum Gasteiger partial charge on any atom is -0.496 e. The van der Waals surface area contributed by atoms with E-state index in [9.17, 15) is 9.59 Å². The van der Waals surface area contributed by atoms with E-state index in [-0.39, 0.29) is 18.2 Å². The number of hydrogen-bond acceptors (Lipinski definition) is 4. The minimum atomic E-state index is -0.425. The van der Waals surface area contributed by atoms with Crippen molar-refractivity contribution in [3.63, 3.8) is 0 Å². The lowest BCUT2D eigenvalue weighted by Crippen LogP contribution is -2.59. The highest BCUT2D eigenvalue weighted by Gasteiger charge is 2.35. The molecule has 0 aliphatic carbocycles. The van der Waals surface area contributed by atoms with Gasteiger partial charge in [0.1, 0.15) is 11.8 Å². The Balaban J connectivity index is 2.16. The van der Waals surface area contributed by atoms with Crippen LogP contribution in [0.2, 0.25) is 0 Å². The Kier molecular flexibility index (Phi) is 5.60. The van der Waals surface area contributed by atoms with Crippen molar-refractivity contribution in [1.29, 1.82) is 0 Å². The van der Waals surface area contributed by atoms with Crippen LogP contribution >= 0.6 is 0 Å². The van der Waals surface area contributed by atoms with Gasteiger partial charge in [0.2, 0.25) is 11.8 Å². The molecule has 1 saturated heterocycles. The zero-order valence-electron chi connectivity index (χ0n) is 14.3. The molecule has 0 saturated carbocycles. The molecule has 126 valence electrons. The molecule has 0 unspecified atom stereocenters. The SMILES string of the molecule is COc1ccccc1CC(=O)N1CCN(C)C[C@H]1C(=O)N(C)C. The third kappa shape index (κ3) is 4.01. The number of nitrogens with zero attached hydrogens (tertiary/aromatic N) is 3. The van der Waals surface area contributed by atoms with Gasteiger partial charge in [-0.25, -0.2) is 0 Å². The Hall–Kier alpha value is -2.08. The van der Waals surface area contributed by atoms with E-state index in [4.69, 9.17) is 4.74 Å². The van der Waals surface area contributed by atoms with Crippen molar-refractivity contribution in [2.24, 2.45) is 0 Å². The van der Waals surface area contributed by atoms with Gasteiger partial charge in [0, 0.05) is 39.3 Å². The smallest absolute Gasteiger partial charge is 0.246 e. The Morgan fingerprint density at radius 1 is 1.26 bits per heavy atom. The lowest BCUT2D eigenvalue weighted by Gasteiger charge is -2.40. The van der Waals surface area contributed by atoms with Crippen molar-refractivity contribution in [1.82, 2.24) is 14.7 Å². The van der Waals surface area contributed by atoms with Crippen LogP contribution in [0.15, 0.2) is 24.3 Å². The Labute approximate surface area is 137 Å². The molecule has 0 bridgehead atoms. The second-order valence-electron chi connectivity index (χ2n) is 6.09. The normalized spacial score (nSPS) is 18.6. The summed E-state index contributed by atoms with van der Waals surface area (Å²) in [6.45, 7) is 1.90. The van der Waals surface area contributed by atoms with Gasteiger partial charge in [0.25, 0.3) is 0 Å². The zero-order valence-corrected chi connectivity index (χ0v) is 14.3. The molecule has 1 atom stereocenters. The molecule has 0 radical (unpaired) electrons. The summed E-state index contributed by atoms with van der Waals surface area (Å²) in [5.41, 5.74) is 0.843. The van der Waals surface area contributed by atoms with Gasteiger partial charge in [-0.2, -0.15) is 0 Å². The first-order valence-electron chi connectivity index (χ1n) is 7.75. The van der Waals surface area contributed by atoms with E-state index in [0.29, 0.717) is 18.8 Å². The number of hydrogen-bond donors (Lipinski definition) is 0. The molecule has 2 amide bonds. The highest BCUT2D eigenvalue weighted by molar-refractivity contribution is 5.89. The second-order valence-corrected chi connectivity index (χ2v) is 6.09. The summed E-state index contributed by atoms with van der Waals surface area (Å²) in [5, 5.41) is 0. The van der Waals surface area contributed by atoms with E-state index < -0.39 is 6.04 Å². The average Bonchev–Trinajstić information content (AvgIpc) is 2.54. The summed E-state index contributed by atoms with van der Waals surface area (Å²) in [6.07, 6.45) is 0.241. The summed E-state index contributed by atoms with van der Waals surface area (Å²) in [4.78, 5) is 30.5. The van der Waals surface area contributed by atoms with E-state index in [1.54, 1.807) is 31.0 Å². The van der Waals surface area contributed by atoms with Crippen molar-refractivity contribution in [2.45, 2.75) is 12.5 Å². The molecule has 6 nitrogen and oxygen atoms in total. The Morgan fingerprint density at radius 2 is 1.96 bits per heavy atom. The van der Waals surface area contributed by atoms with Crippen LogP contribution < -0.4 is 4.74 Å². The minimum absolute atomic E-state index is 0.0371. The first-order valence-corrected chi connectivity index (χ1v) is 7.75. The summed E-state index contributed by atoms with van der Waals surface area (Å²) in [7, 11) is 7.01. The van der Waals surface area contributed by atoms with E-state index in [1.165, 1.54) is 0 Å². The van der Waals surface area contributed by atoms with Gasteiger partial charge in [0.15, 0.2) is 0 Å². The van der Waals surface area contributed by atoms with Crippen molar-refractivity contribution in [2.75, 3.05) is 47.9 Å². The van der Waals surface area contributed by atoms with Crippen LogP contribution in [0.4, 0.5) is 0 Å². The monoisotopic (exact) mass is 319 g/mol. The first kappa shape index (κ1) is 17.3. The third-order valence-corrected chi connectivity index (χ3v) is 4.16. The summed E-state index contributed by atoms with van der Waals surface area (Å²) < 4.78 is 5.31. The maximum absolute atomic E-state index is 12.8. The molecule has 6 heteroatoms. The quantitative estimate of drug-likeness (QED) is 0.809. The molecule has 2 rings (SSSR count). The van der Waals surface area contributed by atoms with Gasteiger partial charge in [0.05, 0.1) is 13.5 Å². The second kappa shape index (κ2) is 7.46. The average molecular weight is 319 g/mol. The van der Waals surface area contributed by atoms with Crippen LogP contribution in [0.1, 0.15) is 5.56 Å².